The van der Waals surface area contributed by atoms with Crippen molar-refractivity contribution in [1.29, 1.82) is 0 Å². The van der Waals surface area contributed by atoms with Crippen LogP contribution in [0.3, 0.4) is 0 Å². The third-order valence-electron chi connectivity index (χ3n) is 15.5. The van der Waals surface area contributed by atoms with Crippen LogP contribution >= 0.6 is 0 Å². The van der Waals surface area contributed by atoms with Gasteiger partial charge >= 0.3 is 5.97 Å². The predicted molar refractivity (Wildman–Crippen MR) is 320 cm³/mol. The van der Waals surface area contributed by atoms with Gasteiger partial charge in [-0.1, -0.05) is 321 Å². The summed E-state index contributed by atoms with van der Waals surface area (Å²) in [5.41, 5.74) is 0. The first-order valence-corrected chi connectivity index (χ1v) is 33.1. The minimum Gasteiger partial charge on any atom is -0.466 e. The van der Waals surface area contributed by atoms with Gasteiger partial charge in [0.15, 0.2) is 0 Å². The number of carbonyl (C=O) groups is 2. The van der Waals surface area contributed by atoms with Gasteiger partial charge in [0.25, 0.3) is 0 Å². The summed E-state index contributed by atoms with van der Waals surface area (Å²) in [5, 5.41) is 23.3. The largest absolute Gasteiger partial charge is 0.466 e. The van der Waals surface area contributed by atoms with E-state index in [9.17, 15) is 19.8 Å². The van der Waals surface area contributed by atoms with Crippen molar-refractivity contribution in [2.45, 2.75) is 379 Å². The Morgan fingerprint density at radius 2 is 0.685 bits per heavy atom. The molecule has 2 atom stereocenters. The molecule has 0 unspecified atom stereocenters. The van der Waals surface area contributed by atoms with E-state index in [4.69, 9.17) is 4.74 Å². The molecule has 0 aliphatic rings. The Morgan fingerprint density at radius 1 is 0.384 bits per heavy atom. The topological polar surface area (TPSA) is 95.9 Å². The van der Waals surface area contributed by atoms with Crippen LogP contribution < -0.4 is 5.32 Å². The number of allylic oxidation sites excluding steroid dienone is 4. The second-order valence-electron chi connectivity index (χ2n) is 22.8. The molecular weight excluding hydrogens is 899 g/mol. The fourth-order valence-electron chi connectivity index (χ4n) is 10.4. The molecule has 0 spiro atoms. The number of aliphatic hydroxyl groups is 2. The normalized spacial score (nSPS) is 12.7. The summed E-state index contributed by atoms with van der Waals surface area (Å²) in [5.74, 6) is -0.0251. The maximum Gasteiger partial charge on any atom is 0.305 e. The van der Waals surface area contributed by atoms with Crippen molar-refractivity contribution in [1.82, 2.24) is 5.32 Å². The molecule has 6 nitrogen and oxygen atoms in total. The first kappa shape index (κ1) is 71.3. The van der Waals surface area contributed by atoms with Crippen LogP contribution in [-0.2, 0) is 14.3 Å². The van der Waals surface area contributed by atoms with E-state index >= 15 is 0 Å². The van der Waals surface area contributed by atoms with Crippen molar-refractivity contribution < 1.29 is 24.5 Å². The van der Waals surface area contributed by atoms with Gasteiger partial charge in [0.05, 0.1) is 25.4 Å². The highest BCUT2D eigenvalue weighted by atomic mass is 16.5. The highest BCUT2D eigenvalue weighted by Gasteiger charge is 2.20. The fraction of sp³-hybridized carbons (Fsp3) is 0.910. The van der Waals surface area contributed by atoms with E-state index in [0.29, 0.717) is 25.9 Å². The molecule has 0 aromatic rings. The zero-order chi connectivity index (χ0) is 52.9. The Morgan fingerprint density at radius 3 is 1.07 bits per heavy atom. The number of aliphatic hydroxyl groups excluding tert-OH is 2. The lowest BCUT2D eigenvalue weighted by atomic mass is 10.0. The number of hydrogen-bond donors (Lipinski definition) is 3. The molecule has 0 radical (unpaired) electrons. The smallest absolute Gasteiger partial charge is 0.305 e. The molecule has 0 saturated heterocycles. The monoisotopic (exact) mass is 1030 g/mol. The van der Waals surface area contributed by atoms with Crippen LogP contribution in [0.5, 0.6) is 0 Å². The van der Waals surface area contributed by atoms with Gasteiger partial charge in [-0.3, -0.25) is 9.59 Å². The Bertz CT molecular complexity index is 1140. The van der Waals surface area contributed by atoms with Gasteiger partial charge in [-0.05, 0) is 57.8 Å². The van der Waals surface area contributed by atoms with Crippen molar-refractivity contribution in [3.05, 3.63) is 24.3 Å². The quantitative estimate of drug-likeness (QED) is 0.0320. The molecular formula is C67H129NO5. The van der Waals surface area contributed by atoms with E-state index < -0.39 is 12.1 Å². The number of hydrogen-bond acceptors (Lipinski definition) is 5. The standard InChI is InChI=1S/C67H129NO5/c1-3-5-7-9-11-13-15-17-32-37-41-45-49-53-57-61-67(72)73-62-58-54-50-46-42-38-34-31-29-27-25-23-21-19-18-20-22-24-26-28-30-33-36-40-44-48-52-56-60-66(71)68-64(63-69)65(70)59-55-51-47-43-39-35-16-14-12-10-8-6-4-2/h11,13,17,32,64-65,69-70H,3-10,12,14-16,18-31,33-63H2,1-2H3,(H,68,71)/b13-11-,32-17-/t64-,65+/m0/s1. The molecule has 73 heavy (non-hydrogen) atoms. The number of nitrogens with one attached hydrogen (secondary N) is 1. The Hall–Kier alpha value is -1.66. The number of esters is 1. The molecule has 1 amide bonds. The predicted octanol–water partition coefficient (Wildman–Crippen LogP) is 21.0. The molecule has 0 bridgehead atoms. The molecule has 0 saturated carbocycles. The SMILES string of the molecule is CCCCC/C=C\C/C=C\CCCCCCCC(=O)OCCCCCCCCCCCCCCCCCCCCCCCCCCCCCCC(=O)N[C@@H](CO)[C@H](O)CCCCCCCCCCCCCCC. The van der Waals surface area contributed by atoms with Crippen molar-refractivity contribution in [3.63, 3.8) is 0 Å². The summed E-state index contributed by atoms with van der Waals surface area (Å²) in [7, 11) is 0. The fourth-order valence-corrected chi connectivity index (χ4v) is 10.4. The lowest BCUT2D eigenvalue weighted by Crippen LogP contribution is -2.45. The molecule has 0 aromatic carbocycles. The van der Waals surface area contributed by atoms with Gasteiger partial charge in [-0.25, -0.2) is 0 Å². The second kappa shape index (κ2) is 62.9. The molecule has 432 valence electrons. The van der Waals surface area contributed by atoms with Crippen molar-refractivity contribution in [2.24, 2.45) is 0 Å². The molecule has 0 rings (SSSR count). The van der Waals surface area contributed by atoms with Crippen molar-refractivity contribution in [2.75, 3.05) is 13.2 Å². The zero-order valence-corrected chi connectivity index (χ0v) is 49.4. The van der Waals surface area contributed by atoms with E-state index in [0.717, 1.165) is 51.4 Å². The minimum absolute atomic E-state index is 0.00516. The van der Waals surface area contributed by atoms with Gasteiger partial charge in [0.2, 0.25) is 5.91 Å². The number of amides is 1. The van der Waals surface area contributed by atoms with Gasteiger partial charge in [-0.2, -0.15) is 0 Å². The Kier molecular flexibility index (Phi) is 61.4. The summed E-state index contributed by atoms with van der Waals surface area (Å²) < 4.78 is 5.48. The van der Waals surface area contributed by atoms with Gasteiger partial charge < -0.3 is 20.3 Å². The van der Waals surface area contributed by atoms with E-state index in [1.165, 1.54) is 283 Å². The molecule has 6 heteroatoms. The summed E-state index contributed by atoms with van der Waals surface area (Å²) >= 11 is 0. The van der Waals surface area contributed by atoms with E-state index in [1.54, 1.807) is 0 Å². The van der Waals surface area contributed by atoms with Gasteiger partial charge in [-0.15, -0.1) is 0 Å². The third-order valence-corrected chi connectivity index (χ3v) is 15.5. The summed E-state index contributed by atoms with van der Waals surface area (Å²) in [6, 6.07) is -0.538. The van der Waals surface area contributed by atoms with Crippen LogP contribution in [0.15, 0.2) is 24.3 Å². The summed E-state index contributed by atoms with van der Waals surface area (Å²) in [4.78, 5) is 24.5. The maximum absolute atomic E-state index is 12.5. The average molecular weight is 1030 g/mol. The minimum atomic E-state index is -0.661. The molecule has 0 aliphatic carbocycles. The van der Waals surface area contributed by atoms with E-state index in [2.05, 4.69) is 43.5 Å². The number of ether oxygens (including phenoxy) is 1. The maximum atomic E-state index is 12.5. The average Bonchev–Trinajstić information content (AvgIpc) is 3.39. The summed E-state index contributed by atoms with van der Waals surface area (Å²) in [6.45, 7) is 4.94. The van der Waals surface area contributed by atoms with Gasteiger partial charge in [0.1, 0.15) is 0 Å². The van der Waals surface area contributed by atoms with Crippen LogP contribution in [-0.4, -0.2) is 47.4 Å². The first-order chi connectivity index (χ1) is 36.0. The lowest BCUT2D eigenvalue weighted by molar-refractivity contribution is -0.143. The lowest BCUT2D eigenvalue weighted by Gasteiger charge is -2.22. The molecule has 0 aliphatic heterocycles. The zero-order valence-electron chi connectivity index (χ0n) is 49.4. The van der Waals surface area contributed by atoms with Crippen LogP contribution in [0.2, 0.25) is 0 Å². The molecule has 3 N–H and O–H groups in total. The molecule has 0 fully saturated rings. The van der Waals surface area contributed by atoms with Crippen molar-refractivity contribution in [3.8, 4) is 0 Å². The number of carbonyl (C=O) groups excluding carboxylic acids is 2. The highest BCUT2D eigenvalue weighted by Crippen LogP contribution is 2.19. The summed E-state index contributed by atoms with van der Waals surface area (Å²) in [6.07, 6.45) is 77.8. The second-order valence-corrected chi connectivity index (χ2v) is 22.8. The van der Waals surface area contributed by atoms with Crippen LogP contribution in [0.4, 0.5) is 0 Å². The van der Waals surface area contributed by atoms with Crippen LogP contribution in [0.25, 0.3) is 0 Å². The molecule has 0 heterocycles. The Balaban J connectivity index is 3.33. The van der Waals surface area contributed by atoms with E-state index in [-0.39, 0.29) is 18.5 Å². The van der Waals surface area contributed by atoms with Crippen LogP contribution in [0, 0.1) is 0 Å². The Labute approximate surface area is 456 Å². The van der Waals surface area contributed by atoms with Crippen LogP contribution in [0.1, 0.15) is 367 Å². The van der Waals surface area contributed by atoms with Gasteiger partial charge in [0, 0.05) is 12.8 Å². The highest BCUT2D eigenvalue weighted by molar-refractivity contribution is 5.76. The van der Waals surface area contributed by atoms with Crippen molar-refractivity contribution >= 4 is 11.9 Å². The first-order valence-electron chi connectivity index (χ1n) is 33.1. The third kappa shape index (κ3) is 59.4. The van der Waals surface area contributed by atoms with E-state index in [1.807, 2.05) is 0 Å². The number of unbranched alkanes of at least 4 members (excludes halogenated alkanes) is 47. The number of rotatable bonds is 62. The molecule has 0 aromatic heterocycles.